The summed E-state index contributed by atoms with van der Waals surface area (Å²) in [5.74, 6) is 0.881. The molecule has 3 heteroatoms. The SMILES string of the molecule is Cc1ccc(C#N)cc1NCc1cccc(OC(C)C)c1. The summed E-state index contributed by atoms with van der Waals surface area (Å²) in [5, 5.41) is 12.3. The van der Waals surface area contributed by atoms with Crippen LogP contribution < -0.4 is 10.1 Å². The van der Waals surface area contributed by atoms with Crippen LogP contribution in [0.4, 0.5) is 5.69 Å². The number of rotatable bonds is 5. The van der Waals surface area contributed by atoms with E-state index in [2.05, 4.69) is 17.5 Å². The minimum atomic E-state index is 0.169. The molecule has 2 rings (SSSR count). The molecular weight excluding hydrogens is 260 g/mol. The van der Waals surface area contributed by atoms with Gasteiger partial charge < -0.3 is 10.1 Å². The van der Waals surface area contributed by atoms with Gasteiger partial charge in [0.05, 0.1) is 17.7 Å². The van der Waals surface area contributed by atoms with E-state index in [1.54, 1.807) is 0 Å². The summed E-state index contributed by atoms with van der Waals surface area (Å²) >= 11 is 0. The summed E-state index contributed by atoms with van der Waals surface area (Å²) in [6.07, 6.45) is 0.169. The van der Waals surface area contributed by atoms with Crippen LogP contribution >= 0.6 is 0 Å². The molecule has 108 valence electrons. The van der Waals surface area contributed by atoms with E-state index in [1.807, 2.05) is 57.2 Å². The van der Waals surface area contributed by atoms with Crippen LogP contribution in [0.5, 0.6) is 5.75 Å². The van der Waals surface area contributed by atoms with Crippen LogP contribution in [0.25, 0.3) is 0 Å². The van der Waals surface area contributed by atoms with Gasteiger partial charge in [0.2, 0.25) is 0 Å². The second-order valence-electron chi connectivity index (χ2n) is 5.31. The maximum absolute atomic E-state index is 8.96. The minimum Gasteiger partial charge on any atom is -0.491 e. The maximum Gasteiger partial charge on any atom is 0.120 e. The maximum atomic E-state index is 8.96. The van der Waals surface area contributed by atoms with E-state index in [1.165, 1.54) is 0 Å². The van der Waals surface area contributed by atoms with Crippen molar-refractivity contribution in [1.82, 2.24) is 0 Å². The molecule has 3 nitrogen and oxygen atoms in total. The molecular formula is C18H20N2O. The summed E-state index contributed by atoms with van der Waals surface area (Å²) in [6, 6.07) is 15.9. The van der Waals surface area contributed by atoms with Crippen molar-refractivity contribution in [3.05, 3.63) is 59.2 Å². The predicted octanol–water partition coefficient (Wildman–Crippen LogP) is 4.27. The van der Waals surface area contributed by atoms with Gasteiger partial charge in [-0.3, -0.25) is 0 Å². The second-order valence-corrected chi connectivity index (χ2v) is 5.31. The van der Waals surface area contributed by atoms with Crippen molar-refractivity contribution in [2.45, 2.75) is 33.4 Å². The van der Waals surface area contributed by atoms with Crippen molar-refractivity contribution in [3.8, 4) is 11.8 Å². The van der Waals surface area contributed by atoms with Gasteiger partial charge in [0, 0.05) is 12.2 Å². The molecule has 0 spiro atoms. The monoisotopic (exact) mass is 280 g/mol. The summed E-state index contributed by atoms with van der Waals surface area (Å²) < 4.78 is 5.70. The molecule has 0 aliphatic heterocycles. The Morgan fingerprint density at radius 3 is 2.71 bits per heavy atom. The standard InChI is InChI=1S/C18H20N2O/c1-13(2)21-17-6-4-5-16(9-17)12-20-18-10-15(11-19)8-7-14(18)3/h4-10,13,20H,12H2,1-3H3. The van der Waals surface area contributed by atoms with Crippen LogP contribution in [0, 0.1) is 18.3 Å². The summed E-state index contributed by atoms with van der Waals surface area (Å²) in [4.78, 5) is 0. The zero-order chi connectivity index (χ0) is 15.2. The lowest BCUT2D eigenvalue weighted by Crippen LogP contribution is -2.06. The number of aryl methyl sites for hydroxylation is 1. The molecule has 0 unspecified atom stereocenters. The van der Waals surface area contributed by atoms with Gasteiger partial charge in [0.1, 0.15) is 5.75 Å². The van der Waals surface area contributed by atoms with Gasteiger partial charge >= 0.3 is 0 Å². The van der Waals surface area contributed by atoms with E-state index < -0.39 is 0 Å². The van der Waals surface area contributed by atoms with Crippen molar-refractivity contribution in [3.63, 3.8) is 0 Å². The molecule has 2 aromatic carbocycles. The van der Waals surface area contributed by atoms with Gasteiger partial charge in [-0.1, -0.05) is 18.2 Å². The highest BCUT2D eigenvalue weighted by Gasteiger charge is 2.02. The van der Waals surface area contributed by atoms with Crippen LogP contribution in [0.3, 0.4) is 0 Å². The van der Waals surface area contributed by atoms with Crippen LogP contribution in [-0.2, 0) is 6.54 Å². The van der Waals surface area contributed by atoms with E-state index >= 15 is 0 Å². The summed E-state index contributed by atoms with van der Waals surface area (Å²) in [7, 11) is 0. The Balaban J connectivity index is 2.08. The van der Waals surface area contributed by atoms with Gasteiger partial charge in [0.25, 0.3) is 0 Å². The first kappa shape index (κ1) is 14.9. The highest BCUT2D eigenvalue weighted by atomic mass is 16.5. The van der Waals surface area contributed by atoms with E-state index in [0.717, 1.165) is 22.6 Å². The van der Waals surface area contributed by atoms with Gasteiger partial charge in [-0.25, -0.2) is 0 Å². The lowest BCUT2D eigenvalue weighted by atomic mass is 10.1. The molecule has 0 atom stereocenters. The Hall–Kier alpha value is -2.47. The number of hydrogen-bond acceptors (Lipinski definition) is 3. The largest absolute Gasteiger partial charge is 0.491 e. The van der Waals surface area contributed by atoms with E-state index in [9.17, 15) is 0 Å². The molecule has 0 saturated heterocycles. The fourth-order valence-corrected chi connectivity index (χ4v) is 2.08. The fraction of sp³-hybridized carbons (Fsp3) is 0.278. The number of benzene rings is 2. The average molecular weight is 280 g/mol. The van der Waals surface area contributed by atoms with E-state index in [-0.39, 0.29) is 6.10 Å². The third kappa shape index (κ3) is 4.25. The van der Waals surface area contributed by atoms with Crippen molar-refractivity contribution in [2.75, 3.05) is 5.32 Å². The smallest absolute Gasteiger partial charge is 0.120 e. The summed E-state index contributed by atoms with van der Waals surface area (Å²) in [5.41, 5.74) is 3.93. The number of ether oxygens (including phenoxy) is 1. The Morgan fingerprint density at radius 2 is 2.00 bits per heavy atom. The van der Waals surface area contributed by atoms with Crippen molar-refractivity contribution in [2.24, 2.45) is 0 Å². The molecule has 21 heavy (non-hydrogen) atoms. The van der Waals surface area contributed by atoms with Gasteiger partial charge in [-0.15, -0.1) is 0 Å². The van der Waals surface area contributed by atoms with E-state index in [4.69, 9.17) is 10.00 Å². The number of nitriles is 1. The van der Waals surface area contributed by atoms with Crippen molar-refractivity contribution in [1.29, 1.82) is 5.26 Å². The molecule has 2 aromatic rings. The third-order valence-corrected chi connectivity index (χ3v) is 3.12. The highest BCUT2D eigenvalue weighted by molar-refractivity contribution is 5.55. The predicted molar refractivity (Wildman–Crippen MR) is 85.4 cm³/mol. The van der Waals surface area contributed by atoms with Gasteiger partial charge in [-0.05, 0) is 56.2 Å². The molecule has 0 radical (unpaired) electrons. The lowest BCUT2D eigenvalue weighted by Gasteiger charge is -2.13. The normalized spacial score (nSPS) is 10.2. The molecule has 0 saturated carbocycles. The quantitative estimate of drug-likeness (QED) is 0.889. The van der Waals surface area contributed by atoms with Crippen LogP contribution in [0.2, 0.25) is 0 Å². The molecule has 1 N–H and O–H groups in total. The van der Waals surface area contributed by atoms with Crippen LogP contribution in [-0.4, -0.2) is 6.10 Å². The molecule has 0 aliphatic carbocycles. The van der Waals surface area contributed by atoms with Gasteiger partial charge in [-0.2, -0.15) is 5.26 Å². The number of hydrogen-bond donors (Lipinski definition) is 1. The molecule has 0 fully saturated rings. The average Bonchev–Trinajstić information content (AvgIpc) is 2.46. The second kappa shape index (κ2) is 6.81. The van der Waals surface area contributed by atoms with Gasteiger partial charge in [0.15, 0.2) is 0 Å². The Bertz CT molecular complexity index is 657. The van der Waals surface area contributed by atoms with E-state index in [0.29, 0.717) is 12.1 Å². The zero-order valence-electron chi connectivity index (χ0n) is 12.7. The molecule has 0 bridgehead atoms. The zero-order valence-corrected chi connectivity index (χ0v) is 12.7. The van der Waals surface area contributed by atoms with Crippen LogP contribution in [0.1, 0.15) is 30.5 Å². The minimum absolute atomic E-state index is 0.169. The Kier molecular flexibility index (Phi) is 4.84. The van der Waals surface area contributed by atoms with Crippen molar-refractivity contribution >= 4 is 5.69 Å². The topological polar surface area (TPSA) is 45.0 Å². The molecule has 0 amide bonds. The number of nitrogens with zero attached hydrogens (tertiary/aromatic N) is 1. The Morgan fingerprint density at radius 1 is 1.19 bits per heavy atom. The lowest BCUT2D eigenvalue weighted by molar-refractivity contribution is 0.242. The van der Waals surface area contributed by atoms with Crippen molar-refractivity contribution < 1.29 is 4.74 Å². The molecule has 0 heterocycles. The molecule has 0 aliphatic rings. The first-order valence-electron chi connectivity index (χ1n) is 7.08. The number of nitrogens with one attached hydrogen (secondary N) is 1. The first-order chi connectivity index (χ1) is 10.1. The summed E-state index contributed by atoms with van der Waals surface area (Å²) in [6.45, 7) is 6.76. The Labute approximate surface area is 126 Å². The highest BCUT2D eigenvalue weighted by Crippen LogP contribution is 2.19. The fourth-order valence-electron chi connectivity index (χ4n) is 2.08. The number of anilines is 1. The van der Waals surface area contributed by atoms with Crippen LogP contribution in [0.15, 0.2) is 42.5 Å². The molecule has 0 aromatic heterocycles. The third-order valence-electron chi connectivity index (χ3n) is 3.12. The first-order valence-corrected chi connectivity index (χ1v) is 7.08.